The Morgan fingerprint density at radius 1 is 1.14 bits per heavy atom. The number of guanidine groups is 1. The maximum Gasteiger partial charge on any atom is 0.289 e. The van der Waals surface area contributed by atoms with Crippen LogP contribution in [0.5, 0.6) is 11.5 Å². The molecule has 0 saturated carbocycles. The van der Waals surface area contributed by atoms with E-state index in [4.69, 9.17) is 13.9 Å². The van der Waals surface area contributed by atoms with E-state index in [-0.39, 0.29) is 5.91 Å². The predicted octanol–water partition coefficient (Wildman–Crippen LogP) is 2.20. The van der Waals surface area contributed by atoms with E-state index < -0.39 is 0 Å². The van der Waals surface area contributed by atoms with Crippen molar-refractivity contribution < 1.29 is 18.7 Å². The highest BCUT2D eigenvalue weighted by Gasteiger charge is 2.23. The van der Waals surface area contributed by atoms with E-state index in [1.807, 2.05) is 11.1 Å². The summed E-state index contributed by atoms with van der Waals surface area (Å²) in [5.41, 5.74) is 0.619. The average Bonchev–Trinajstić information content (AvgIpc) is 3.17. The lowest BCUT2D eigenvalue weighted by atomic mass is 10.3. The lowest BCUT2D eigenvalue weighted by Gasteiger charge is -2.23. The fourth-order valence-corrected chi connectivity index (χ4v) is 3.13. The number of methoxy groups -OCH3 is 2. The fourth-order valence-electron chi connectivity index (χ4n) is 3.13. The Hall–Kier alpha value is -3.67. The van der Waals surface area contributed by atoms with Gasteiger partial charge in [0.05, 0.1) is 26.2 Å². The van der Waals surface area contributed by atoms with Crippen LogP contribution in [0.1, 0.15) is 17.0 Å². The van der Waals surface area contributed by atoms with Crippen LogP contribution < -0.4 is 14.8 Å². The zero-order valence-corrected chi connectivity index (χ0v) is 16.4. The molecular weight excluding hydrogens is 374 g/mol. The minimum Gasteiger partial charge on any atom is -0.493 e. The lowest BCUT2D eigenvalue weighted by Crippen LogP contribution is -2.42. The molecule has 2 heterocycles. The molecule has 1 aromatic heterocycles. The number of carbonyl (C=O) groups excluding carboxylic acids is 1. The van der Waals surface area contributed by atoms with Crippen molar-refractivity contribution >= 4 is 17.6 Å². The fraction of sp³-hybridized carbons (Fsp3) is 0.350. The Bertz CT molecular complexity index is 904. The van der Waals surface area contributed by atoms with Gasteiger partial charge < -0.3 is 23.7 Å². The molecule has 2 aromatic rings. The summed E-state index contributed by atoms with van der Waals surface area (Å²) in [7, 11) is 3.12. The summed E-state index contributed by atoms with van der Waals surface area (Å²) in [5, 5.41) is 11.8. The number of rotatable bonds is 4. The third kappa shape index (κ3) is 4.79. The zero-order valence-electron chi connectivity index (χ0n) is 16.4. The molecule has 1 amide bonds. The molecule has 29 heavy (non-hydrogen) atoms. The quantitative estimate of drug-likeness (QED) is 0.365. The molecular formula is C20H23N5O4. The molecule has 0 aliphatic carbocycles. The number of amides is 1. The van der Waals surface area contributed by atoms with Crippen LogP contribution in [0, 0.1) is 11.5 Å². The topological polar surface area (TPSA) is 103 Å². The van der Waals surface area contributed by atoms with Gasteiger partial charge in [-0.25, -0.2) is 4.99 Å². The summed E-state index contributed by atoms with van der Waals surface area (Å²) < 4.78 is 15.8. The Morgan fingerprint density at radius 2 is 1.90 bits per heavy atom. The standard InChI is InChI=1S/C20H23N5O4/c1-27-16-7-6-15(13-18(16)28-2)23-20(22-14-21)25-9-4-8-24(10-11-25)19(26)17-5-3-12-29-17/h3,5-7,12-13H,4,8-11H2,1-2H3,(H,22,23). The molecule has 0 radical (unpaired) electrons. The molecule has 152 valence electrons. The van der Waals surface area contributed by atoms with Gasteiger partial charge in [0.1, 0.15) is 0 Å². The van der Waals surface area contributed by atoms with Crippen molar-refractivity contribution in [3.05, 3.63) is 42.4 Å². The average molecular weight is 397 g/mol. The van der Waals surface area contributed by atoms with E-state index in [1.54, 1.807) is 49.5 Å². The van der Waals surface area contributed by atoms with Gasteiger partial charge >= 0.3 is 0 Å². The molecule has 1 aliphatic rings. The highest BCUT2D eigenvalue weighted by Crippen LogP contribution is 2.31. The number of benzene rings is 1. The first kappa shape index (κ1) is 20.1. The third-order valence-corrected chi connectivity index (χ3v) is 4.58. The zero-order chi connectivity index (χ0) is 20.6. The Balaban J connectivity index is 1.76. The number of nitrogens with one attached hydrogen (secondary N) is 1. The number of ether oxygens (including phenoxy) is 2. The van der Waals surface area contributed by atoms with Crippen LogP contribution in [0.4, 0.5) is 5.69 Å². The molecule has 9 heteroatoms. The highest BCUT2D eigenvalue weighted by atomic mass is 16.5. The van der Waals surface area contributed by atoms with Gasteiger partial charge in [0, 0.05) is 32.2 Å². The van der Waals surface area contributed by atoms with Crippen LogP contribution in [0.3, 0.4) is 0 Å². The molecule has 0 bridgehead atoms. The van der Waals surface area contributed by atoms with Gasteiger partial charge in [0.25, 0.3) is 5.91 Å². The van der Waals surface area contributed by atoms with E-state index in [2.05, 4.69) is 10.3 Å². The molecule has 3 rings (SSSR count). The van der Waals surface area contributed by atoms with Crippen LogP contribution in [0.15, 0.2) is 46.0 Å². The third-order valence-electron chi connectivity index (χ3n) is 4.58. The lowest BCUT2D eigenvalue weighted by molar-refractivity contribution is 0.0732. The number of furan rings is 1. The molecule has 9 nitrogen and oxygen atoms in total. The number of nitrogens with zero attached hydrogens (tertiary/aromatic N) is 4. The van der Waals surface area contributed by atoms with Gasteiger partial charge in [0.15, 0.2) is 23.5 Å². The molecule has 1 fully saturated rings. The Kier molecular flexibility index (Phi) is 6.58. The van der Waals surface area contributed by atoms with E-state index in [1.165, 1.54) is 6.26 Å². The smallest absolute Gasteiger partial charge is 0.289 e. The Morgan fingerprint density at radius 3 is 2.59 bits per heavy atom. The van der Waals surface area contributed by atoms with Crippen LogP contribution in [0.2, 0.25) is 0 Å². The summed E-state index contributed by atoms with van der Waals surface area (Å²) in [6, 6.07) is 8.63. The first-order valence-corrected chi connectivity index (χ1v) is 9.20. The largest absolute Gasteiger partial charge is 0.493 e. The van der Waals surface area contributed by atoms with Gasteiger partial charge in [0.2, 0.25) is 5.96 Å². The highest BCUT2D eigenvalue weighted by molar-refractivity contribution is 5.91. The van der Waals surface area contributed by atoms with Crippen molar-refractivity contribution in [2.45, 2.75) is 6.42 Å². The second-order valence-electron chi connectivity index (χ2n) is 6.32. The van der Waals surface area contributed by atoms with E-state index in [9.17, 15) is 10.1 Å². The minimum atomic E-state index is -0.136. The molecule has 0 spiro atoms. The van der Waals surface area contributed by atoms with Crippen LogP contribution in [0.25, 0.3) is 0 Å². The molecule has 1 aliphatic heterocycles. The number of aliphatic imine (C=N–C) groups is 1. The van der Waals surface area contributed by atoms with E-state index >= 15 is 0 Å². The van der Waals surface area contributed by atoms with Gasteiger partial charge in [-0.15, -0.1) is 0 Å². The van der Waals surface area contributed by atoms with E-state index in [0.29, 0.717) is 55.1 Å². The number of hydrogen-bond donors (Lipinski definition) is 1. The van der Waals surface area contributed by atoms with Crippen molar-refractivity contribution in [2.75, 3.05) is 40.4 Å². The molecule has 1 aromatic carbocycles. The summed E-state index contributed by atoms with van der Waals surface area (Å²) in [4.78, 5) is 20.8. The summed E-state index contributed by atoms with van der Waals surface area (Å²) in [5.74, 6) is 1.77. The Labute approximate surface area is 169 Å². The van der Waals surface area contributed by atoms with Crippen molar-refractivity contribution in [1.82, 2.24) is 15.1 Å². The number of carbonyl (C=O) groups is 1. The second kappa shape index (κ2) is 9.50. The van der Waals surface area contributed by atoms with Gasteiger partial charge in [-0.05, 0) is 30.7 Å². The minimum absolute atomic E-state index is 0.136. The van der Waals surface area contributed by atoms with Crippen LogP contribution in [-0.2, 0) is 0 Å². The van der Waals surface area contributed by atoms with E-state index in [0.717, 1.165) is 6.42 Å². The van der Waals surface area contributed by atoms with Gasteiger partial charge in [-0.3, -0.25) is 10.1 Å². The van der Waals surface area contributed by atoms with Gasteiger partial charge in [-0.2, -0.15) is 5.26 Å². The van der Waals surface area contributed by atoms with Crippen molar-refractivity contribution in [3.63, 3.8) is 0 Å². The molecule has 1 N–H and O–H groups in total. The maximum absolute atomic E-state index is 12.5. The molecule has 0 unspecified atom stereocenters. The van der Waals surface area contributed by atoms with Crippen LogP contribution in [-0.4, -0.2) is 62.1 Å². The summed E-state index contributed by atoms with van der Waals surface area (Å²) in [6.45, 7) is 2.29. The number of hydrogen-bond acceptors (Lipinski definition) is 6. The maximum atomic E-state index is 12.5. The first-order valence-electron chi connectivity index (χ1n) is 9.20. The molecule has 0 atom stereocenters. The summed E-state index contributed by atoms with van der Waals surface area (Å²) >= 11 is 0. The SMILES string of the molecule is COc1ccc(N=C(NC#N)N2CCCN(C(=O)c3ccco3)CC2)cc1OC. The monoisotopic (exact) mass is 397 g/mol. The predicted molar refractivity (Wildman–Crippen MR) is 106 cm³/mol. The van der Waals surface area contributed by atoms with Crippen molar-refractivity contribution in [1.29, 1.82) is 5.26 Å². The van der Waals surface area contributed by atoms with Gasteiger partial charge in [-0.1, -0.05) is 0 Å². The normalized spacial score (nSPS) is 14.7. The second-order valence-corrected chi connectivity index (χ2v) is 6.32. The van der Waals surface area contributed by atoms with Crippen molar-refractivity contribution in [2.24, 2.45) is 4.99 Å². The molecule has 1 saturated heterocycles. The van der Waals surface area contributed by atoms with Crippen LogP contribution >= 0.6 is 0 Å². The van der Waals surface area contributed by atoms with Crippen molar-refractivity contribution in [3.8, 4) is 17.7 Å². The first-order chi connectivity index (χ1) is 14.2. The summed E-state index contributed by atoms with van der Waals surface area (Å²) in [6.07, 6.45) is 4.17. The number of nitriles is 1.